The van der Waals surface area contributed by atoms with Crippen molar-refractivity contribution in [2.75, 3.05) is 19.8 Å². The zero-order valence-corrected chi connectivity index (χ0v) is 19.6. The molecule has 7 nitrogen and oxygen atoms in total. The van der Waals surface area contributed by atoms with E-state index in [1.54, 1.807) is 13.0 Å². The number of carbonyl (C=O) groups excluding carboxylic acids is 3. The van der Waals surface area contributed by atoms with Gasteiger partial charge in [-0.1, -0.05) is 42.5 Å². The van der Waals surface area contributed by atoms with Gasteiger partial charge in [0, 0.05) is 12.5 Å². The van der Waals surface area contributed by atoms with Crippen LogP contribution in [0.25, 0.3) is 0 Å². The number of aliphatic hydroxyl groups is 1. The summed E-state index contributed by atoms with van der Waals surface area (Å²) in [4.78, 5) is 37.2. The Morgan fingerprint density at radius 1 is 1.12 bits per heavy atom. The quantitative estimate of drug-likeness (QED) is 0.189. The SMILES string of the molecule is C=CCCCC(Cc1ccccc1)C(=O)OCCNC(=O)C(CC=C)CC(=O)NC(C)CO. The number of amides is 2. The zero-order valence-electron chi connectivity index (χ0n) is 19.6. The summed E-state index contributed by atoms with van der Waals surface area (Å²) in [6.07, 6.45) is 6.76. The number of hydrogen-bond donors (Lipinski definition) is 3. The van der Waals surface area contributed by atoms with Gasteiger partial charge in [0.25, 0.3) is 0 Å². The first-order chi connectivity index (χ1) is 15.9. The van der Waals surface area contributed by atoms with Crippen molar-refractivity contribution >= 4 is 17.8 Å². The van der Waals surface area contributed by atoms with Crippen LogP contribution in [-0.4, -0.2) is 48.7 Å². The molecule has 3 unspecified atom stereocenters. The molecule has 1 rings (SSSR count). The number of carbonyl (C=O) groups is 3. The lowest BCUT2D eigenvalue weighted by Crippen LogP contribution is -2.39. The molecule has 0 radical (unpaired) electrons. The molecule has 1 aromatic rings. The molecule has 0 spiro atoms. The third-order valence-corrected chi connectivity index (χ3v) is 5.20. The van der Waals surface area contributed by atoms with E-state index in [9.17, 15) is 14.4 Å². The minimum Gasteiger partial charge on any atom is -0.464 e. The van der Waals surface area contributed by atoms with Crippen LogP contribution in [0, 0.1) is 11.8 Å². The summed E-state index contributed by atoms with van der Waals surface area (Å²) in [5.41, 5.74) is 1.08. The predicted octanol–water partition coefficient (Wildman–Crippen LogP) is 2.94. The van der Waals surface area contributed by atoms with Crippen molar-refractivity contribution in [3.63, 3.8) is 0 Å². The number of aliphatic hydroxyl groups excluding tert-OH is 1. The molecular weight excluding hydrogens is 420 g/mol. The van der Waals surface area contributed by atoms with Crippen LogP contribution in [0.1, 0.15) is 44.6 Å². The second kappa shape index (κ2) is 16.7. The monoisotopic (exact) mass is 458 g/mol. The summed E-state index contributed by atoms with van der Waals surface area (Å²) in [5.74, 6) is -1.72. The topological polar surface area (TPSA) is 105 Å². The largest absolute Gasteiger partial charge is 0.464 e. The van der Waals surface area contributed by atoms with E-state index in [0.29, 0.717) is 19.3 Å². The molecule has 0 saturated heterocycles. The maximum Gasteiger partial charge on any atom is 0.309 e. The van der Waals surface area contributed by atoms with Crippen molar-refractivity contribution in [1.82, 2.24) is 10.6 Å². The van der Waals surface area contributed by atoms with Gasteiger partial charge < -0.3 is 20.5 Å². The van der Waals surface area contributed by atoms with Crippen LogP contribution in [0.3, 0.4) is 0 Å². The van der Waals surface area contributed by atoms with E-state index >= 15 is 0 Å². The van der Waals surface area contributed by atoms with Crippen molar-refractivity contribution in [3.8, 4) is 0 Å². The number of ether oxygens (including phenoxy) is 1. The van der Waals surface area contributed by atoms with Gasteiger partial charge in [-0.25, -0.2) is 0 Å². The van der Waals surface area contributed by atoms with Crippen LogP contribution in [-0.2, 0) is 25.5 Å². The van der Waals surface area contributed by atoms with E-state index < -0.39 is 5.92 Å². The number of unbranched alkanes of at least 4 members (excludes halogenated alkanes) is 1. The van der Waals surface area contributed by atoms with Crippen LogP contribution in [0.2, 0.25) is 0 Å². The Kier molecular flexibility index (Phi) is 14.2. The molecule has 0 fully saturated rings. The third-order valence-electron chi connectivity index (χ3n) is 5.20. The first-order valence-electron chi connectivity index (χ1n) is 11.5. The fourth-order valence-corrected chi connectivity index (χ4v) is 3.39. The van der Waals surface area contributed by atoms with Crippen LogP contribution in [0.5, 0.6) is 0 Å². The minimum absolute atomic E-state index is 0.00949. The Hall–Kier alpha value is -2.93. The summed E-state index contributed by atoms with van der Waals surface area (Å²) >= 11 is 0. The molecule has 0 bridgehead atoms. The zero-order chi connectivity index (χ0) is 24.5. The Morgan fingerprint density at radius 2 is 1.85 bits per heavy atom. The van der Waals surface area contributed by atoms with E-state index in [2.05, 4.69) is 23.8 Å². The van der Waals surface area contributed by atoms with Gasteiger partial charge in [-0.05, 0) is 44.6 Å². The minimum atomic E-state index is -0.575. The molecule has 33 heavy (non-hydrogen) atoms. The molecule has 0 aliphatic carbocycles. The van der Waals surface area contributed by atoms with E-state index in [0.717, 1.165) is 18.4 Å². The van der Waals surface area contributed by atoms with Gasteiger partial charge in [-0.3, -0.25) is 14.4 Å². The Balaban J connectivity index is 2.51. The molecule has 0 aliphatic rings. The summed E-state index contributed by atoms with van der Waals surface area (Å²) in [6, 6.07) is 9.44. The number of rotatable bonds is 17. The molecule has 3 atom stereocenters. The summed E-state index contributed by atoms with van der Waals surface area (Å²) < 4.78 is 5.44. The van der Waals surface area contributed by atoms with Gasteiger partial charge in [0.05, 0.1) is 25.0 Å². The predicted molar refractivity (Wildman–Crippen MR) is 129 cm³/mol. The standard InChI is InChI=1S/C26H38N2O5/c1-4-6-8-14-23(17-21-12-9-7-10-13-21)26(32)33-16-15-27-25(31)22(11-5-2)18-24(30)28-20(3)19-29/h4-5,7,9-10,12-13,20,22-23,29H,1-2,6,8,11,14-19H2,3H3,(H,27,31)(H,28,30). The van der Waals surface area contributed by atoms with Gasteiger partial charge in [-0.15, -0.1) is 13.2 Å². The molecule has 2 amide bonds. The molecule has 0 aliphatic heterocycles. The molecule has 1 aromatic carbocycles. The molecule has 3 N–H and O–H groups in total. The lowest BCUT2D eigenvalue weighted by atomic mass is 9.94. The second-order valence-corrected chi connectivity index (χ2v) is 8.14. The Morgan fingerprint density at radius 3 is 2.48 bits per heavy atom. The van der Waals surface area contributed by atoms with Crippen molar-refractivity contribution in [3.05, 3.63) is 61.2 Å². The lowest BCUT2D eigenvalue weighted by molar-refractivity contribution is -0.149. The number of allylic oxidation sites excluding steroid dienone is 2. The maximum absolute atomic E-state index is 12.7. The van der Waals surface area contributed by atoms with Crippen molar-refractivity contribution in [1.29, 1.82) is 0 Å². The van der Waals surface area contributed by atoms with E-state index in [1.165, 1.54) is 0 Å². The van der Waals surface area contributed by atoms with Gasteiger partial charge >= 0.3 is 5.97 Å². The normalized spacial score (nSPS) is 13.3. The van der Waals surface area contributed by atoms with Crippen LogP contribution in [0.4, 0.5) is 0 Å². The van der Waals surface area contributed by atoms with Gasteiger partial charge in [0.15, 0.2) is 0 Å². The molecular formula is C26H38N2O5. The van der Waals surface area contributed by atoms with Gasteiger partial charge in [-0.2, -0.15) is 0 Å². The smallest absolute Gasteiger partial charge is 0.309 e. The fraction of sp³-hybridized carbons (Fsp3) is 0.500. The van der Waals surface area contributed by atoms with Crippen molar-refractivity contribution in [2.45, 2.75) is 51.5 Å². The highest BCUT2D eigenvalue weighted by Crippen LogP contribution is 2.17. The maximum atomic E-state index is 12.7. The summed E-state index contributed by atoms with van der Waals surface area (Å²) in [5, 5.41) is 14.4. The number of benzene rings is 1. The summed E-state index contributed by atoms with van der Waals surface area (Å²) in [7, 11) is 0. The van der Waals surface area contributed by atoms with E-state index in [4.69, 9.17) is 9.84 Å². The highest BCUT2D eigenvalue weighted by Gasteiger charge is 2.22. The second-order valence-electron chi connectivity index (χ2n) is 8.14. The van der Waals surface area contributed by atoms with Crippen molar-refractivity contribution < 1.29 is 24.2 Å². The average Bonchev–Trinajstić information content (AvgIpc) is 2.81. The van der Waals surface area contributed by atoms with Crippen LogP contribution in [0.15, 0.2) is 55.6 Å². The Labute approximate surface area is 197 Å². The van der Waals surface area contributed by atoms with Crippen LogP contribution >= 0.6 is 0 Å². The van der Waals surface area contributed by atoms with E-state index in [-0.39, 0.29) is 55.9 Å². The van der Waals surface area contributed by atoms with Crippen molar-refractivity contribution in [2.24, 2.45) is 11.8 Å². The number of esters is 1. The molecule has 0 aromatic heterocycles. The Bertz CT molecular complexity index is 750. The fourth-order valence-electron chi connectivity index (χ4n) is 3.39. The lowest BCUT2D eigenvalue weighted by Gasteiger charge is -2.18. The molecule has 7 heteroatoms. The van der Waals surface area contributed by atoms with Gasteiger partial charge in [0.2, 0.25) is 11.8 Å². The highest BCUT2D eigenvalue weighted by molar-refractivity contribution is 5.86. The third kappa shape index (κ3) is 12.0. The molecule has 0 saturated carbocycles. The molecule has 182 valence electrons. The molecule has 0 heterocycles. The number of hydrogen-bond acceptors (Lipinski definition) is 5. The first-order valence-corrected chi connectivity index (χ1v) is 11.5. The number of nitrogens with one attached hydrogen (secondary N) is 2. The van der Waals surface area contributed by atoms with E-state index in [1.807, 2.05) is 36.4 Å². The van der Waals surface area contributed by atoms with Crippen LogP contribution < -0.4 is 10.6 Å². The summed E-state index contributed by atoms with van der Waals surface area (Å²) in [6.45, 7) is 9.10. The van der Waals surface area contributed by atoms with Gasteiger partial charge in [0.1, 0.15) is 6.61 Å². The first kappa shape index (κ1) is 28.1. The highest BCUT2D eigenvalue weighted by atomic mass is 16.5. The average molecular weight is 459 g/mol.